The lowest BCUT2D eigenvalue weighted by Gasteiger charge is -2.09. The molecule has 0 aliphatic rings. The number of aryl methyl sites for hydroxylation is 1. The molecular weight excluding hydrogens is 358 g/mol. The lowest BCUT2D eigenvalue weighted by Crippen LogP contribution is -2.01. The van der Waals surface area contributed by atoms with Gasteiger partial charge in [-0.15, -0.1) is 0 Å². The van der Waals surface area contributed by atoms with Gasteiger partial charge in [0.1, 0.15) is 11.6 Å². The fraction of sp³-hybridized carbons (Fsp3) is 0.0476. The van der Waals surface area contributed by atoms with Crippen molar-refractivity contribution < 1.29 is 20.1 Å². The standard InChI is InChI=1S/C21H19N3O4/c1-12-6-17(23-20(22)7-12)15-5-3-4-14(8-15)11-24(28)21-18(26)9-16(13(2)25)10-19(21)27/h3-11,25-27H,2H2,1H3,(H2,22,23)/b24-11-. The molecule has 0 amide bonds. The highest BCUT2D eigenvalue weighted by Crippen LogP contribution is 2.37. The number of benzene rings is 2. The molecule has 7 nitrogen and oxygen atoms in total. The van der Waals surface area contributed by atoms with Crippen LogP contribution in [0.5, 0.6) is 11.5 Å². The van der Waals surface area contributed by atoms with E-state index in [1.807, 2.05) is 19.1 Å². The van der Waals surface area contributed by atoms with Crippen LogP contribution in [-0.2, 0) is 0 Å². The second-order valence-electron chi connectivity index (χ2n) is 6.34. The van der Waals surface area contributed by atoms with E-state index in [1.165, 1.54) is 6.21 Å². The van der Waals surface area contributed by atoms with Crippen LogP contribution in [0.25, 0.3) is 17.0 Å². The van der Waals surface area contributed by atoms with Crippen LogP contribution in [0.3, 0.4) is 0 Å². The highest BCUT2D eigenvalue weighted by Gasteiger charge is 2.19. The van der Waals surface area contributed by atoms with Crippen molar-refractivity contribution in [3.05, 3.63) is 77.0 Å². The third-order valence-electron chi connectivity index (χ3n) is 4.06. The van der Waals surface area contributed by atoms with Crippen LogP contribution in [0.15, 0.2) is 55.1 Å². The molecule has 0 fully saturated rings. The van der Waals surface area contributed by atoms with Gasteiger partial charge in [-0.1, -0.05) is 18.7 Å². The van der Waals surface area contributed by atoms with E-state index in [-0.39, 0.29) is 17.0 Å². The maximum absolute atomic E-state index is 12.5. The van der Waals surface area contributed by atoms with Crippen LogP contribution in [0.2, 0.25) is 0 Å². The summed E-state index contributed by atoms with van der Waals surface area (Å²) in [5, 5.41) is 42.0. The van der Waals surface area contributed by atoms with Crippen molar-refractivity contribution in [1.29, 1.82) is 0 Å². The molecule has 0 spiro atoms. The number of phenols is 2. The van der Waals surface area contributed by atoms with E-state index in [2.05, 4.69) is 11.6 Å². The third-order valence-corrected chi connectivity index (χ3v) is 4.06. The summed E-state index contributed by atoms with van der Waals surface area (Å²) >= 11 is 0. The van der Waals surface area contributed by atoms with E-state index in [0.29, 0.717) is 21.8 Å². The first-order valence-corrected chi connectivity index (χ1v) is 8.34. The van der Waals surface area contributed by atoms with Gasteiger partial charge in [0.15, 0.2) is 17.7 Å². The van der Waals surface area contributed by atoms with Gasteiger partial charge < -0.3 is 26.3 Å². The number of aromatic hydroxyl groups is 2. The van der Waals surface area contributed by atoms with Gasteiger partial charge in [-0.3, -0.25) is 0 Å². The number of aliphatic hydroxyl groups is 1. The molecule has 1 heterocycles. The van der Waals surface area contributed by atoms with Crippen molar-refractivity contribution in [3.8, 4) is 22.8 Å². The molecule has 0 bridgehead atoms. The minimum Gasteiger partial charge on any atom is -0.618 e. The Bertz CT molecular complexity index is 1060. The van der Waals surface area contributed by atoms with Crippen LogP contribution < -0.4 is 5.73 Å². The quantitative estimate of drug-likeness (QED) is 0.180. The molecular formula is C21H19N3O4. The Morgan fingerprint density at radius 3 is 2.43 bits per heavy atom. The molecule has 3 rings (SSSR count). The monoisotopic (exact) mass is 377 g/mol. The molecule has 0 saturated heterocycles. The normalized spacial score (nSPS) is 11.4. The highest BCUT2D eigenvalue weighted by atomic mass is 16.5. The summed E-state index contributed by atoms with van der Waals surface area (Å²) in [7, 11) is 0. The number of hydrogen-bond donors (Lipinski definition) is 4. The van der Waals surface area contributed by atoms with Crippen LogP contribution in [0.4, 0.5) is 11.5 Å². The maximum atomic E-state index is 12.5. The Balaban J connectivity index is 2.01. The van der Waals surface area contributed by atoms with Gasteiger partial charge in [0.05, 0.1) is 5.69 Å². The maximum Gasteiger partial charge on any atom is 0.300 e. The van der Waals surface area contributed by atoms with E-state index >= 15 is 0 Å². The van der Waals surface area contributed by atoms with Crippen molar-refractivity contribution in [3.63, 3.8) is 0 Å². The molecule has 7 heteroatoms. The number of anilines is 1. The zero-order valence-corrected chi connectivity index (χ0v) is 15.1. The van der Waals surface area contributed by atoms with E-state index in [9.17, 15) is 20.5 Å². The molecule has 0 unspecified atom stereocenters. The topological polar surface area (TPSA) is 126 Å². The molecule has 2 aromatic carbocycles. The number of nitrogens with zero attached hydrogens (tertiary/aromatic N) is 2. The van der Waals surface area contributed by atoms with Crippen LogP contribution >= 0.6 is 0 Å². The Kier molecular flexibility index (Phi) is 4.91. The van der Waals surface area contributed by atoms with Gasteiger partial charge in [-0.05, 0) is 48.9 Å². The number of pyridine rings is 1. The largest absolute Gasteiger partial charge is 0.618 e. The van der Waals surface area contributed by atoms with Gasteiger partial charge in [0.2, 0.25) is 0 Å². The first-order valence-electron chi connectivity index (χ1n) is 8.34. The van der Waals surface area contributed by atoms with E-state index in [1.54, 1.807) is 24.3 Å². The summed E-state index contributed by atoms with van der Waals surface area (Å²) in [5.41, 5.74) is 8.49. The second-order valence-corrected chi connectivity index (χ2v) is 6.34. The van der Waals surface area contributed by atoms with Gasteiger partial charge >= 0.3 is 5.69 Å². The molecule has 0 aliphatic carbocycles. The average Bonchev–Trinajstić information content (AvgIpc) is 2.60. The number of nitrogens with two attached hydrogens (primary N) is 1. The highest BCUT2D eigenvalue weighted by molar-refractivity contribution is 5.81. The summed E-state index contributed by atoms with van der Waals surface area (Å²) in [4.78, 5) is 4.30. The molecule has 0 aliphatic heterocycles. The van der Waals surface area contributed by atoms with Crippen LogP contribution in [-0.4, -0.2) is 31.3 Å². The molecule has 5 N–H and O–H groups in total. The van der Waals surface area contributed by atoms with Crippen molar-refractivity contribution in [2.24, 2.45) is 0 Å². The van der Waals surface area contributed by atoms with Crippen LogP contribution in [0, 0.1) is 12.1 Å². The number of nitrogen functional groups attached to an aromatic ring is 1. The molecule has 3 aromatic rings. The number of hydrogen-bond acceptors (Lipinski definition) is 6. The van der Waals surface area contributed by atoms with Gasteiger partial charge in [-0.2, -0.15) is 4.74 Å². The lowest BCUT2D eigenvalue weighted by molar-refractivity contribution is -0.356. The summed E-state index contributed by atoms with van der Waals surface area (Å²) in [6.07, 6.45) is 1.21. The van der Waals surface area contributed by atoms with E-state index in [0.717, 1.165) is 23.3 Å². The molecule has 142 valence electrons. The predicted octanol–water partition coefficient (Wildman–Crippen LogP) is 3.84. The molecule has 28 heavy (non-hydrogen) atoms. The Hall–Kier alpha value is -4.00. The summed E-state index contributed by atoms with van der Waals surface area (Å²) in [6, 6.07) is 13.0. The lowest BCUT2D eigenvalue weighted by atomic mass is 10.1. The van der Waals surface area contributed by atoms with Crippen molar-refractivity contribution in [2.75, 3.05) is 5.73 Å². The van der Waals surface area contributed by atoms with Gasteiger partial charge in [0.25, 0.3) is 0 Å². The Morgan fingerprint density at radius 1 is 1.14 bits per heavy atom. The number of phenolic OH excluding ortho intramolecular Hbond substituents is 2. The smallest absolute Gasteiger partial charge is 0.300 e. The number of rotatable bonds is 4. The van der Waals surface area contributed by atoms with Crippen molar-refractivity contribution in [1.82, 2.24) is 4.98 Å². The second kappa shape index (κ2) is 7.32. The summed E-state index contributed by atoms with van der Waals surface area (Å²) in [6.45, 7) is 5.23. The van der Waals surface area contributed by atoms with Crippen molar-refractivity contribution in [2.45, 2.75) is 6.92 Å². The minimum absolute atomic E-state index is 0.109. The molecule has 1 aromatic heterocycles. The minimum atomic E-state index is -0.485. The number of aliphatic hydroxyl groups excluding tert-OH is 1. The predicted molar refractivity (Wildman–Crippen MR) is 109 cm³/mol. The van der Waals surface area contributed by atoms with E-state index in [4.69, 9.17) is 5.73 Å². The van der Waals surface area contributed by atoms with E-state index < -0.39 is 11.5 Å². The average molecular weight is 377 g/mol. The van der Waals surface area contributed by atoms with Crippen LogP contribution in [0.1, 0.15) is 16.7 Å². The van der Waals surface area contributed by atoms with Gasteiger partial charge in [0, 0.05) is 16.7 Å². The Labute approximate surface area is 161 Å². The zero-order valence-electron chi connectivity index (χ0n) is 15.1. The van der Waals surface area contributed by atoms with Gasteiger partial charge in [-0.25, -0.2) is 4.98 Å². The number of aromatic nitrogens is 1. The molecule has 0 saturated carbocycles. The molecule has 0 radical (unpaired) electrons. The van der Waals surface area contributed by atoms with Crippen molar-refractivity contribution >= 4 is 23.5 Å². The zero-order chi connectivity index (χ0) is 20.4. The fourth-order valence-electron chi connectivity index (χ4n) is 2.82. The summed E-state index contributed by atoms with van der Waals surface area (Å²) in [5.74, 6) is -0.909. The SMILES string of the molecule is C=C(O)c1cc(O)c(/[N+]([O-])=C/c2cccc(-c3cc(C)cc(N)n3)c2)c(O)c1. The Morgan fingerprint density at radius 2 is 1.82 bits per heavy atom. The first-order chi connectivity index (χ1) is 13.2. The summed E-state index contributed by atoms with van der Waals surface area (Å²) < 4.78 is 0.353. The third kappa shape index (κ3) is 3.88. The fourth-order valence-corrected chi connectivity index (χ4v) is 2.82. The molecule has 0 atom stereocenters. The first kappa shape index (κ1) is 18.8.